The molecule has 8 N–H and O–H groups in total. The first-order valence-electron chi connectivity index (χ1n) is 16.8. The van der Waals surface area contributed by atoms with Gasteiger partial charge in [-0.3, -0.25) is 0 Å². The summed E-state index contributed by atoms with van der Waals surface area (Å²) < 4.78 is 11.1. The van der Waals surface area contributed by atoms with Crippen LogP contribution in [0.2, 0.25) is 0 Å². The molecule has 2 aromatic rings. The Balaban J connectivity index is 2.03. The second kappa shape index (κ2) is 19.7. The molecule has 3 unspecified atom stereocenters. The quantitative estimate of drug-likeness (QED) is 0.0628. The SMILES string of the molecule is CCC/C=C/C=C/CCc1cc(OC(=O)c2c(CC/C=C/C=C/CCC)cc(O)c([C@@H]3OC(CO)[C@@H](O)C(O)C3O)c2O)cc(O)c1C(=O)O. The van der Waals surface area contributed by atoms with Crippen molar-refractivity contribution < 1.29 is 59.9 Å². The third kappa shape index (κ3) is 10.3. The zero-order chi connectivity index (χ0) is 36.8. The van der Waals surface area contributed by atoms with E-state index >= 15 is 0 Å². The van der Waals surface area contributed by atoms with Crippen LogP contribution in [0.25, 0.3) is 0 Å². The van der Waals surface area contributed by atoms with Crippen LogP contribution in [0.4, 0.5) is 0 Å². The summed E-state index contributed by atoms with van der Waals surface area (Å²) in [7, 11) is 0. The third-order valence-corrected chi connectivity index (χ3v) is 8.22. The lowest BCUT2D eigenvalue weighted by molar-refractivity contribution is -0.232. The average molecular weight is 697 g/mol. The van der Waals surface area contributed by atoms with Crippen molar-refractivity contribution in [2.75, 3.05) is 6.61 Å². The number of aryl methyl sites for hydroxylation is 2. The minimum absolute atomic E-state index is 0.131. The fourth-order valence-corrected chi connectivity index (χ4v) is 5.60. The topological polar surface area (TPSA) is 214 Å². The van der Waals surface area contributed by atoms with Gasteiger partial charge >= 0.3 is 11.9 Å². The van der Waals surface area contributed by atoms with Gasteiger partial charge in [0.05, 0.1) is 12.2 Å². The number of aromatic carboxylic acids is 1. The molecular weight excluding hydrogens is 648 g/mol. The van der Waals surface area contributed by atoms with E-state index in [1.54, 1.807) is 0 Å². The number of hydrogen-bond acceptors (Lipinski definition) is 11. The molecule has 5 atom stereocenters. The first kappa shape index (κ1) is 40.0. The number of hydrogen-bond donors (Lipinski definition) is 8. The lowest BCUT2D eigenvalue weighted by Gasteiger charge is -2.40. The molecule has 50 heavy (non-hydrogen) atoms. The molecule has 1 heterocycles. The molecule has 1 saturated heterocycles. The van der Waals surface area contributed by atoms with Gasteiger partial charge in [-0.05, 0) is 61.8 Å². The molecule has 3 rings (SSSR count). The predicted octanol–water partition coefficient (Wildman–Crippen LogP) is 4.93. The van der Waals surface area contributed by atoms with Crippen LogP contribution >= 0.6 is 0 Å². The molecule has 0 aliphatic carbocycles. The van der Waals surface area contributed by atoms with Crippen molar-refractivity contribution in [3.05, 3.63) is 94.6 Å². The summed E-state index contributed by atoms with van der Waals surface area (Å²) in [6, 6.07) is 3.46. The summed E-state index contributed by atoms with van der Waals surface area (Å²) in [6.07, 6.45) is 11.5. The Bertz CT molecular complexity index is 1570. The van der Waals surface area contributed by atoms with Crippen LogP contribution in [0.15, 0.2) is 66.8 Å². The molecule has 0 aromatic heterocycles. The highest BCUT2D eigenvalue weighted by molar-refractivity contribution is 5.97. The lowest BCUT2D eigenvalue weighted by Crippen LogP contribution is -2.55. The number of esters is 1. The van der Waals surface area contributed by atoms with Crippen molar-refractivity contribution in [1.82, 2.24) is 0 Å². The number of phenolic OH excluding ortho intramolecular Hbond substituents is 2. The molecule has 0 amide bonds. The number of carbonyl (C=O) groups is 2. The number of aliphatic hydroxyl groups excluding tert-OH is 4. The number of unbranched alkanes of at least 4 members (excludes halogenated alkanes) is 2. The highest BCUT2D eigenvalue weighted by Gasteiger charge is 2.46. The Hall–Kier alpha value is -4.46. The highest BCUT2D eigenvalue weighted by Crippen LogP contribution is 2.45. The molecule has 12 heteroatoms. The van der Waals surface area contributed by atoms with Gasteiger partial charge in [0.25, 0.3) is 0 Å². The Kier molecular flexibility index (Phi) is 15.7. The van der Waals surface area contributed by atoms with Crippen molar-refractivity contribution in [2.45, 2.75) is 95.7 Å². The number of phenols is 3. The van der Waals surface area contributed by atoms with Crippen LogP contribution in [0, 0.1) is 0 Å². The van der Waals surface area contributed by atoms with Crippen LogP contribution in [-0.2, 0) is 17.6 Å². The molecule has 2 aromatic carbocycles. The second-order valence-corrected chi connectivity index (χ2v) is 12.0. The normalized spacial score (nSPS) is 21.2. The first-order chi connectivity index (χ1) is 24.0. The maximum atomic E-state index is 13.8. The van der Waals surface area contributed by atoms with Gasteiger partial charge in [0.1, 0.15) is 64.6 Å². The fraction of sp³-hybridized carbons (Fsp3) is 0.421. The van der Waals surface area contributed by atoms with Crippen molar-refractivity contribution in [2.24, 2.45) is 0 Å². The van der Waals surface area contributed by atoms with E-state index < -0.39 is 77.4 Å². The highest BCUT2D eigenvalue weighted by atomic mass is 16.5. The number of carboxylic acids is 1. The van der Waals surface area contributed by atoms with Crippen LogP contribution in [0.3, 0.4) is 0 Å². The molecular formula is C38H48O12. The number of aromatic hydroxyl groups is 3. The van der Waals surface area contributed by atoms with Gasteiger partial charge in [-0.2, -0.15) is 0 Å². The Morgan fingerprint density at radius 3 is 1.80 bits per heavy atom. The molecule has 1 aliphatic heterocycles. The number of allylic oxidation sites excluding steroid dienone is 8. The van der Waals surface area contributed by atoms with Gasteiger partial charge in [-0.25, -0.2) is 9.59 Å². The van der Waals surface area contributed by atoms with Crippen molar-refractivity contribution in [3.8, 4) is 23.0 Å². The summed E-state index contributed by atoms with van der Waals surface area (Å²) in [4.78, 5) is 25.8. The van der Waals surface area contributed by atoms with E-state index in [0.29, 0.717) is 12.8 Å². The van der Waals surface area contributed by atoms with Gasteiger partial charge in [0.2, 0.25) is 0 Å². The smallest absolute Gasteiger partial charge is 0.347 e. The maximum absolute atomic E-state index is 13.8. The van der Waals surface area contributed by atoms with Crippen LogP contribution < -0.4 is 4.74 Å². The molecule has 0 saturated carbocycles. The fourth-order valence-electron chi connectivity index (χ4n) is 5.60. The second-order valence-electron chi connectivity index (χ2n) is 12.0. The van der Waals surface area contributed by atoms with Gasteiger partial charge < -0.3 is 50.3 Å². The van der Waals surface area contributed by atoms with Crippen LogP contribution in [-0.4, -0.2) is 83.8 Å². The van der Waals surface area contributed by atoms with Gasteiger partial charge in [0, 0.05) is 6.07 Å². The van der Waals surface area contributed by atoms with E-state index in [2.05, 4.69) is 13.8 Å². The Labute approximate surface area is 291 Å². The number of carboxylic acid groups (broad SMARTS) is 1. The van der Waals surface area contributed by atoms with Crippen LogP contribution in [0.1, 0.15) is 95.9 Å². The summed E-state index contributed by atoms with van der Waals surface area (Å²) in [6.45, 7) is 3.34. The largest absolute Gasteiger partial charge is 0.507 e. The molecule has 1 fully saturated rings. The summed E-state index contributed by atoms with van der Waals surface area (Å²) in [5, 5.41) is 83.9. The number of ether oxygens (including phenoxy) is 2. The summed E-state index contributed by atoms with van der Waals surface area (Å²) >= 11 is 0. The summed E-state index contributed by atoms with van der Waals surface area (Å²) in [5.41, 5.74) is -0.915. The van der Waals surface area contributed by atoms with Crippen molar-refractivity contribution in [1.29, 1.82) is 0 Å². The van der Waals surface area contributed by atoms with Gasteiger partial charge in [-0.1, -0.05) is 75.3 Å². The number of benzene rings is 2. The minimum atomic E-state index is -1.88. The van der Waals surface area contributed by atoms with E-state index in [0.717, 1.165) is 31.7 Å². The molecule has 1 aliphatic rings. The van der Waals surface area contributed by atoms with E-state index in [1.807, 2.05) is 48.6 Å². The van der Waals surface area contributed by atoms with E-state index in [-0.39, 0.29) is 35.3 Å². The van der Waals surface area contributed by atoms with E-state index in [9.17, 15) is 50.4 Å². The van der Waals surface area contributed by atoms with Gasteiger partial charge in [0.15, 0.2) is 0 Å². The maximum Gasteiger partial charge on any atom is 0.347 e. The van der Waals surface area contributed by atoms with Crippen LogP contribution in [0.5, 0.6) is 23.0 Å². The number of rotatable bonds is 17. The van der Waals surface area contributed by atoms with Gasteiger partial charge in [-0.15, -0.1) is 0 Å². The minimum Gasteiger partial charge on any atom is -0.507 e. The molecule has 272 valence electrons. The number of carbonyl (C=O) groups excluding carboxylic acids is 1. The van der Waals surface area contributed by atoms with E-state index in [1.165, 1.54) is 12.1 Å². The number of aliphatic hydroxyl groups is 4. The molecule has 0 radical (unpaired) electrons. The summed E-state index contributed by atoms with van der Waals surface area (Å²) in [5.74, 6) is -4.79. The van der Waals surface area contributed by atoms with Crippen molar-refractivity contribution in [3.63, 3.8) is 0 Å². The molecule has 12 nitrogen and oxygen atoms in total. The Morgan fingerprint density at radius 1 is 0.740 bits per heavy atom. The molecule has 0 bridgehead atoms. The third-order valence-electron chi connectivity index (χ3n) is 8.22. The Morgan fingerprint density at radius 2 is 1.28 bits per heavy atom. The van der Waals surface area contributed by atoms with E-state index in [4.69, 9.17) is 9.47 Å². The predicted molar refractivity (Wildman–Crippen MR) is 186 cm³/mol. The average Bonchev–Trinajstić information content (AvgIpc) is 3.06. The first-order valence-corrected chi connectivity index (χ1v) is 16.8. The monoisotopic (exact) mass is 696 g/mol. The zero-order valence-corrected chi connectivity index (χ0v) is 28.3. The standard InChI is InChI=1S/C38H48O12/c1-3-5-7-9-11-13-15-17-23-19-25(21-27(41)29(23)37(46)47)49-38(48)30-24(18-16-14-12-10-8-6-4-2)20-26(40)31(33(30)43)36-35(45)34(44)32(42)28(22-39)50-36/h7-14,19-21,28,32,34-36,39-45H,3-6,15-18,22H2,1-2H3,(H,46,47)/b9-7+,10-8+,13-11+,14-12+/t28?,32-,34?,35?,36+/m1/s1. The zero-order valence-electron chi connectivity index (χ0n) is 28.3. The molecule has 0 spiro atoms. The lowest BCUT2D eigenvalue weighted by atomic mass is 9.87. The van der Waals surface area contributed by atoms with Crippen molar-refractivity contribution >= 4 is 11.9 Å².